The zero-order chi connectivity index (χ0) is 15.5. The lowest BCUT2D eigenvalue weighted by Gasteiger charge is -2.34. The third-order valence-electron chi connectivity index (χ3n) is 3.65. The number of nitrogens with zero attached hydrogens (tertiary/aromatic N) is 1. The minimum Gasteiger partial charge on any atom is -0.444 e. The molecule has 1 saturated heterocycles. The summed E-state index contributed by atoms with van der Waals surface area (Å²) in [5.74, 6) is 0.480. The van der Waals surface area contributed by atoms with Crippen LogP contribution in [0, 0.1) is 5.92 Å². The molecule has 1 amide bonds. The number of rotatable bonds is 2. The van der Waals surface area contributed by atoms with E-state index >= 15 is 0 Å². The van der Waals surface area contributed by atoms with Gasteiger partial charge in [-0.2, -0.15) is 0 Å². The Morgan fingerprint density at radius 3 is 2.86 bits per heavy atom. The van der Waals surface area contributed by atoms with Gasteiger partial charge in [0.2, 0.25) is 0 Å². The van der Waals surface area contributed by atoms with Crippen LogP contribution in [0.15, 0.2) is 24.3 Å². The van der Waals surface area contributed by atoms with Gasteiger partial charge in [0.05, 0.1) is 0 Å². The average molecular weight is 290 g/mol. The molecule has 1 aliphatic rings. The van der Waals surface area contributed by atoms with Crippen LogP contribution in [-0.4, -0.2) is 29.7 Å². The van der Waals surface area contributed by atoms with E-state index < -0.39 is 5.60 Å². The Bertz CT molecular complexity index is 494. The Hall–Kier alpha value is -1.71. The molecule has 0 unspecified atom stereocenters. The maximum Gasteiger partial charge on any atom is 0.410 e. The number of likely N-dealkylation sites (tertiary alicyclic amines) is 1. The van der Waals surface area contributed by atoms with Crippen LogP contribution < -0.4 is 5.73 Å². The van der Waals surface area contributed by atoms with E-state index in [-0.39, 0.29) is 6.09 Å². The van der Waals surface area contributed by atoms with E-state index in [4.69, 9.17) is 10.5 Å². The molecule has 1 aliphatic heterocycles. The maximum absolute atomic E-state index is 12.1. The average Bonchev–Trinajstić information content (AvgIpc) is 2.37. The quantitative estimate of drug-likeness (QED) is 0.849. The van der Waals surface area contributed by atoms with Gasteiger partial charge < -0.3 is 15.4 Å². The SMILES string of the molecule is CC(C)(C)OC(=O)N1CCC[C@@H](Cc2cccc(N)c2)C1. The fraction of sp³-hybridized carbons (Fsp3) is 0.588. The number of nitrogens with two attached hydrogens (primary N) is 1. The van der Waals surface area contributed by atoms with Crippen LogP contribution in [0.4, 0.5) is 10.5 Å². The summed E-state index contributed by atoms with van der Waals surface area (Å²) in [5, 5.41) is 0. The molecular formula is C17H26N2O2. The molecule has 0 aromatic heterocycles. The van der Waals surface area contributed by atoms with Gasteiger partial charge in [-0.15, -0.1) is 0 Å². The van der Waals surface area contributed by atoms with Gasteiger partial charge in [0.1, 0.15) is 5.60 Å². The van der Waals surface area contributed by atoms with Crippen molar-refractivity contribution in [3.8, 4) is 0 Å². The van der Waals surface area contributed by atoms with E-state index in [1.54, 1.807) is 0 Å². The summed E-state index contributed by atoms with van der Waals surface area (Å²) in [4.78, 5) is 14.0. The Labute approximate surface area is 127 Å². The second kappa shape index (κ2) is 6.37. The molecule has 4 nitrogen and oxygen atoms in total. The van der Waals surface area contributed by atoms with E-state index in [1.807, 2.05) is 43.9 Å². The lowest BCUT2D eigenvalue weighted by atomic mass is 9.91. The zero-order valence-electron chi connectivity index (χ0n) is 13.3. The first-order valence-corrected chi connectivity index (χ1v) is 7.66. The minimum atomic E-state index is -0.433. The van der Waals surface area contributed by atoms with Gasteiger partial charge in [-0.25, -0.2) is 4.79 Å². The molecule has 1 fully saturated rings. The fourth-order valence-electron chi connectivity index (χ4n) is 2.78. The molecule has 0 aliphatic carbocycles. The largest absolute Gasteiger partial charge is 0.444 e. The smallest absolute Gasteiger partial charge is 0.410 e. The normalized spacial score (nSPS) is 19.4. The number of hydrogen-bond donors (Lipinski definition) is 1. The van der Waals surface area contributed by atoms with Crippen molar-refractivity contribution in [2.75, 3.05) is 18.8 Å². The summed E-state index contributed by atoms with van der Waals surface area (Å²) in [6.45, 7) is 7.27. The summed E-state index contributed by atoms with van der Waals surface area (Å²) in [6, 6.07) is 8.01. The van der Waals surface area contributed by atoms with Crippen LogP contribution in [0.2, 0.25) is 0 Å². The molecule has 1 atom stereocenters. The fourth-order valence-corrected chi connectivity index (χ4v) is 2.78. The maximum atomic E-state index is 12.1. The molecular weight excluding hydrogens is 264 g/mol. The Morgan fingerprint density at radius 2 is 2.19 bits per heavy atom. The third-order valence-corrected chi connectivity index (χ3v) is 3.65. The summed E-state index contributed by atoms with van der Waals surface area (Å²) in [7, 11) is 0. The van der Waals surface area contributed by atoms with E-state index in [2.05, 4.69) is 6.07 Å². The van der Waals surface area contributed by atoms with E-state index in [0.717, 1.165) is 38.0 Å². The highest BCUT2D eigenvalue weighted by Gasteiger charge is 2.27. The van der Waals surface area contributed by atoms with Gasteiger partial charge in [-0.3, -0.25) is 0 Å². The van der Waals surface area contributed by atoms with Crippen LogP contribution in [0.25, 0.3) is 0 Å². The predicted molar refractivity (Wildman–Crippen MR) is 85.1 cm³/mol. The Balaban J connectivity index is 1.93. The number of benzene rings is 1. The standard InChI is InChI=1S/C17H26N2O2/c1-17(2,3)21-16(20)19-9-5-7-14(12-19)10-13-6-4-8-15(18)11-13/h4,6,8,11,14H,5,7,9-10,12,18H2,1-3H3/t14-/m0/s1. The van der Waals surface area contributed by atoms with Gasteiger partial charge in [-0.1, -0.05) is 12.1 Å². The predicted octanol–water partition coefficient (Wildman–Crippen LogP) is 3.46. The van der Waals surface area contributed by atoms with Gasteiger partial charge in [-0.05, 0) is 63.6 Å². The van der Waals surface area contributed by atoms with Crippen LogP contribution >= 0.6 is 0 Å². The number of ether oxygens (including phenoxy) is 1. The van der Waals surface area contributed by atoms with Crippen molar-refractivity contribution in [2.24, 2.45) is 5.92 Å². The van der Waals surface area contributed by atoms with Crippen molar-refractivity contribution >= 4 is 11.8 Å². The number of anilines is 1. The van der Waals surface area contributed by atoms with Crippen LogP contribution in [-0.2, 0) is 11.2 Å². The van der Waals surface area contributed by atoms with Crippen LogP contribution in [0.5, 0.6) is 0 Å². The number of carbonyl (C=O) groups excluding carboxylic acids is 1. The Kier molecular flexibility index (Phi) is 4.76. The minimum absolute atomic E-state index is 0.195. The zero-order valence-corrected chi connectivity index (χ0v) is 13.3. The van der Waals surface area contributed by atoms with Gasteiger partial charge in [0, 0.05) is 18.8 Å². The molecule has 0 radical (unpaired) electrons. The molecule has 0 saturated carbocycles. The second-order valence-corrected chi connectivity index (χ2v) is 6.88. The number of piperidine rings is 1. The van der Waals surface area contributed by atoms with E-state index in [1.165, 1.54) is 5.56 Å². The van der Waals surface area contributed by atoms with Crippen molar-refractivity contribution < 1.29 is 9.53 Å². The highest BCUT2D eigenvalue weighted by atomic mass is 16.6. The summed E-state index contributed by atoms with van der Waals surface area (Å²) < 4.78 is 5.46. The summed E-state index contributed by atoms with van der Waals surface area (Å²) >= 11 is 0. The lowest BCUT2D eigenvalue weighted by molar-refractivity contribution is 0.0166. The van der Waals surface area contributed by atoms with E-state index in [9.17, 15) is 4.79 Å². The topological polar surface area (TPSA) is 55.6 Å². The van der Waals surface area contributed by atoms with Gasteiger partial charge >= 0.3 is 6.09 Å². The molecule has 1 aromatic carbocycles. The van der Waals surface area contributed by atoms with Crippen molar-refractivity contribution in [1.29, 1.82) is 0 Å². The highest BCUT2D eigenvalue weighted by molar-refractivity contribution is 5.68. The van der Waals surface area contributed by atoms with Crippen molar-refractivity contribution in [1.82, 2.24) is 4.90 Å². The first-order chi connectivity index (χ1) is 9.83. The van der Waals surface area contributed by atoms with Crippen LogP contribution in [0.3, 0.4) is 0 Å². The molecule has 2 N–H and O–H groups in total. The van der Waals surface area contributed by atoms with Crippen molar-refractivity contribution in [3.05, 3.63) is 29.8 Å². The Morgan fingerprint density at radius 1 is 1.43 bits per heavy atom. The molecule has 1 heterocycles. The molecule has 116 valence electrons. The molecule has 0 spiro atoms. The molecule has 21 heavy (non-hydrogen) atoms. The molecule has 1 aromatic rings. The molecule has 4 heteroatoms. The van der Waals surface area contributed by atoms with E-state index in [0.29, 0.717) is 5.92 Å². The van der Waals surface area contributed by atoms with Crippen molar-refractivity contribution in [2.45, 2.75) is 45.6 Å². The number of nitrogen functional groups attached to an aromatic ring is 1. The summed E-state index contributed by atoms with van der Waals surface area (Å²) in [5.41, 5.74) is 7.43. The van der Waals surface area contributed by atoms with Gasteiger partial charge in [0.15, 0.2) is 0 Å². The van der Waals surface area contributed by atoms with Crippen molar-refractivity contribution in [3.63, 3.8) is 0 Å². The second-order valence-electron chi connectivity index (χ2n) is 6.88. The summed E-state index contributed by atoms with van der Waals surface area (Å²) in [6.07, 6.45) is 2.95. The van der Waals surface area contributed by atoms with Gasteiger partial charge in [0.25, 0.3) is 0 Å². The third kappa shape index (κ3) is 4.96. The number of hydrogen-bond acceptors (Lipinski definition) is 3. The molecule has 0 bridgehead atoms. The first kappa shape index (κ1) is 15.7. The number of amides is 1. The first-order valence-electron chi connectivity index (χ1n) is 7.66. The highest BCUT2D eigenvalue weighted by Crippen LogP contribution is 2.23. The molecule has 2 rings (SSSR count). The number of carbonyl (C=O) groups is 1. The van der Waals surface area contributed by atoms with Crippen LogP contribution in [0.1, 0.15) is 39.2 Å². The monoisotopic (exact) mass is 290 g/mol. The lowest BCUT2D eigenvalue weighted by Crippen LogP contribution is -2.43.